The Morgan fingerprint density at radius 1 is 1.38 bits per heavy atom. The molecule has 2 N–H and O–H groups in total. The number of nitrogens with zero attached hydrogens (tertiary/aromatic N) is 2. The number of aliphatic hydroxyl groups excluding tert-OH is 1. The molecule has 0 radical (unpaired) electrons. The van der Waals surface area contributed by atoms with Gasteiger partial charge in [-0.15, -0.1) is 0 Å². The highest BCUT2D eigenvalue weighted by Gasteiger charge is 2.32. The Labute approximate surface area is 147 Å². The van der Waals surface area contributed by atoms with Gasteiger partial charge in [0, 0.05) is 43.8 Å². The van der Waals surface area contributed by atoms with Crippen molar-refractivity contribution < 1.29 is 5.11 Å². The SMILES string of the molecule is CC(C)C(O)C(C)(C)CNC1CCN(Cc2ccccn2)CC1C. The zero-order chi connectivity index (χ0) is 17.7. The number of hydrogen-bond donors (Lipinski definition) is 2. The molecule has 0 aromatic carbocycles. The maximum Gasteiger partial charge on any atom is 0.0626 e. The fourth-order valence-electron chi connectivity index (χ4n) is 3.80. The first kappa shape index (κ1) is 19.4. The molecule has 0 bridgehead atoms. The van der Waals surface area contributed by atoms with Crippen LogP contribution in [0.5, 0.6) is 0 Å². The van der Waals surface area contributed by atoms with Crippen LogP contribution in [0, 0.1) is 17.3 Å². The van der Waals surface area contributed by atoms with Gasteiger partial charge in [-0.05, 0) is 30.4 Å². The normalized spacial score (nSPS) is 24.3. The Bertz CT molecular complexity index is 489. The van der Waals surface area contributed by atoms with E-state index in [1.165, 1.54) is 0 Å². The monoisotopic (exact) mass is 333 g/mol. The Morgan fingerprint density at radius 3 is 2.71 bits per heavy atom. The highest BCUT2D eigenvalue weighted by molar-refractivity contribution is 5.03. The van der Waals surface area contributed by atoms with Gasteiger partial charge in [0.2, 0.25) is 0 Å². The van der Waals surface area contributed by atoms with Crippen molar-refractivity contribution in [3.05, 3.63) is 30.1 Å². The van der Waals surface area contributed by atoms with Gasteiger partial charge in [0.25, 0.3) is 0 Å². The van der Waals surface area contributed by atoms with E-state index in [1.54, 1.807) is 0 Å². The molecule has 136 valence electrons. The molecule has 2 heterocycles. The van der Waals surface area contributed by atoms with Crippen LogP contribution in [-0.2, 0) is 6.54 Å². The molecule has 3 atom stereocenters. The zero-order valence-corrected chi connectivity index (χ0v) is 16.0. The molecule has 2 rings (SSSR count). The van der Waals surface area contributed by atoms with Gasteiger partial charge in [-0.25, -0.2) is 0 Å². The highest BCUT2D eigenvalue weighted by Crippen LogP contribution is 2.26. The molecule has 4 heteroatoms. The lowest BCUT2D eigenvalue weighted by Crippen LogP contribution is -2.52. The second kappa shape index (κ2) is 8.41. The molecule has 1 aliphatic rings. The second-order valence-electron chi connectivity index (χ2n) is 8.49. The van der Waals surface area contributed by atoms with Crippen LogP contribution in [0.2, 0.25) is 0 Å². The van der Waals surface area contributed by atoms with Gasteiger partial charge in [0.15, 0.2) is 0 Å². The van der Waals surface area contributed by atoms with E-state index in [1.807, 2.05) is 12.3 Å². The summed E-state index contributed by atoms with van der Waals surface area (Å²) in [4.78, 5) is 6.94. The van der Waals surface area contributed by atoms with Crippen molar-refractivity contribution in [2.24, 2.45) is 17.3 Å². The largest absolute Gasteiger partial charge is 0.392 e. The molecule has 1 aromatic heterocycles. The van der Waals surface area contributed by atoms with Crippen LogP contribution in [0.25, 0.3) is 0 Å². The summed E-state index contributed by atoms with van der Waals surface area (Å²) >= 11 is 0. The van der Waals surface area contributed by atoms with Crippen LogP contribution in [0.3, 0.4) is 0 Å². The van der Waals surface area contributed by atoms with E-state index < -0.39 is 0 Å². The van der Waals surface area contributed by atoms with E-state index in [0.29, 0.717) is 17.9 Å². The zero-order valence-electron chi connectivity index (χ0n) is 16.0. The number of pyridine rings is 1. The first-order chi connectivity index (χ1) is 11.3. The summed E-state index contributed by atoms with van der Waals surface area (Å²) in [5.74, 6) is 0.897. The molecule has 3 unspecified atom stereocenters. The topological polar surface area (TPSA) is 48.4 Å². The average molecular weight is 334 g/mol. The van der Waals surface area contributed by atoms with Crippen molar-refractivity contribution in [3.8, 4) is 0 Å². The van der Waals surface area contributed by atoms with Crippen LogP contribution >= 0.6 is 0 Å². The Balaban J connectivity index is 1.81. The number of piperidine rings is 1. The number of nitrogens with one attached hydrogen (secondary N) is 1. The number of aromatic nitrogens is 1. The standard InChI is InChI=1S/C20H35N3O/c1-15(2)19(24)20(4,5)14-22-18-9-11-23(12-16(18)3)13-17-8-6-7-10-21-17/h6-8,10,15-16,18-19,22,24H,9,11-14H2,1-5H3. The molecule has 1 aliphatic heterocycles. The van der Waals surface area contributed by atoms with Gasteiger partial charge < -0.3 is 10.4 Å². The van der Waals surface area contributed by atoms with Gasteiger partial charge in [-0.1, -0.05) is 40.7 Å². The first-order valence-corrected chi connectivity index (χ1v) is 9.33. The van der Waals surface area contributed by atoms with E-state index in [9.17, 15) is 5.11 Å². The third-order valence-corrected chi connectivity index (χ3v) is 5.35. The molecule has 0 aliphatic carbocycles. The van der Waals surface area contributed by atoms with Crippen molar-refractivity contribution in [3.63, 3.8) is 0 Å². The van der Waals surface area contributed by atoms with E-state index in [4.69, 9.17) is 0 Å². The van der Waals surface area contributed by atoms with Crippen LogP contribution in [-0.4, -0.2) is 46.8 Å². The Hall–Kier alpha value is -0.970. The summed E-state index contributed by atoms with van der Waals surface area (Å²) in [6.07, 6.45) is 2.75. The summed E-state index contributed by atoms with van der Waals surface area (Å²) in [6.45, 7) is 14.8. The summed E-state index contributed by atoms with van der Waals surface area (Å²) in [7, 11) is 0. The summed E-state index contributed by atoms with van der Waals surface area (Å²) in [5.41, 5.74) is 1.05. The molecular formula is C20H35N3O. The minimum absolute atomic E-state index is 0.0982. The smallest absolute Gasteiger partial charge is 0.0626 e. The summed E-state index contributed by atoms with van der Waals surface area (Å²) in [5, 5.41) is 14.1. The highest BCUT2D eigenvalue weighted by atomic mass is 16.3. The first-order valence-electron chi connectivity index (χ1n) is 9.33. The predicted molar refractivity (Wildman–Crippen MR) is 99.7 cm³/mol. The molecule has 0 spiro atoms. The van der Waals surface area contributed by atoms with Crippen molar-refractivity contribution >= 4 is 0 Å². The minimum atomic E-state index is -0.274. The second-order valence-corrected chi connectivity index (χ2v) is 8.49. The maximum atomic E-state index is 10.4. The third kappa shape index (κ3) is 5.27. The summed E-state index contributed by atoms with van der Waals surface area (Å²) < 4.78 is 0. The van der Waals surface area contributed by atoms with E-state index in [-0.39, 0.29) is 11.5 Å². The molecule has 0 saturated carbocycles. The van der Waals surface area contributed by atoms with Gasteiger partial charge in [0.05, 0.1) is 11.8 Å². The Morgan fingerprint density at radius 2 is 2.12 bits per heavy atom. The van der Waals surface area contributed by atoms with Crippen molar-refractivity contribution in [1.29, 1.82) is 0 Å². The summed E-state index contributed by atoms with van der Waals surface area (Å²) in [6, 6.07) is 6.66. The van der Waals surface area contributed by atoms with Gasteiger partial charge in [-0.2, -0.15) is 0 Å². The van der Waals surface area contributed by atoms with E-state index in [2.05, 4.69) is 62.0 Å². The number of aliphatic hydroxyl groups is 1. The number of likely N-dealkylation sites (tertiary alicyclic amines) is 1. The quantitative estimate of drug-likeness (QED) is 0.805. The molecule has 24 heavy (non-hydrogen) atoms. The number of hydrogen-bond acceptors (Lipinski definition) is 4. The van der Waals surface area contributed by atoms with Crippen molar-refractivity contribution in [1.82, 2.24) is 15.2 Å². The van der Waals surface area contributed by atoms with Crippen LogP contribution < -0.4 is 5.32 Å². The molecular weight excluding hydrogens is 298 g/mol. The molecule has 0 amide bonds. The average Bonchev–Trinajstić information content (AvgIpc) is 2.54. The molecule has 4 nitrogen and oxygen atoms in total. The molecule has 1 fully saturated rings. The minimum Gasteiger partial charge on any atom is -0.392 e. The predicted octanol–water partition coefficient (Wildman–Crippen LogP) is 2.92. The molecule has 1 saturated heterocycles. The van der Waals surface area contributed by atoms with E-state index >= 15 is 0 Å². The molecule has 1 aromatic rings. The van der Waals surface area contributed by atoms with Crippen LogP contribution in [0.1, 0.15) is 46.7 Å². The van der Waals surface area contributed by atoms with Gasteiger partial charge in [0.1, 0.15) is 0 Å². The number of rotatable bonds is 7. The lowest BCUT2D eigenvalue weighted by Gasteiger charge is -2.40. The van der Waals surface area contributed by atoms with Crippen LogP contribution in [0.4, 0.5) is 0 Å². The fourth-order valence-corrected chi connectivity index (χ4v) is 3.80. The van der Waals surface area contributed by atoms with Gasteiger partial charge in [-0.3, -0.25) is 9.88 Å². The lowest BCUT2D eigenvalue weighted by molar-refractivity contribution is 0.00874. The van der Waals surface area contributed by atoms with Crippen LogP contribution in [0.15, 0.2) is 24.4 Å². The maximum absolute atomic E-state index is 10.4. The van der Waals surface area contributed by atoms with E-state index in [0.717, 1.165) is 38.3 Å². The Kier molecular flexibility index (Phi) is 6.79. The van der Waals surface area contributed by atoms with Gasteiger partial charge >= 0.3 is 0 Å². The van der Waals surface area contributed by atoms with Crippen molar-refractivity contribution in [2.45, 2.75) is 59.7 Å². The fraction of sp³-hybridized carbons (Fsp3) is 0.750. The lowest BCUT2D eigenvalue weighted by atomic mass is 9.80. The van der Waals surface area contributed by atoms with Crippen molar-refractivity contribution in [2.75, 3.05) is 19.6 Å². The third-order valence-electron chi connectivity index (χ3n) is 5.35.